The van der Waals surface area contributed by atoms with Crippen molar-refractivity contribution in [3.63, 3.8) is 0 Å². The number of rotatable bonds is 5. The third-order valence-electron chi connectivity index (χ3n) is 6.16. The largest absolute Gasteiger partial charge is 0.497 e. The highest BCUT2D eigenvalue weighted by Gasteiger charge is 2.37. The van der Waals surface area contributed by atoms with Gasteiger partial charge in [0.1, 0.15) is 5.75 Å². The first-order valence-electron chi connectivity index (χ1n) is 10.7. The van der Waals surface area contributed by atoms with Crippen LogP contribution >= 0.6 is 0 Å². The quantitative estimate of drug-likeness (QED) is 0.765. The molecule has 1 atom stereocenters. The molecule has 0 unspecified atom stereocenters. The summed E-state index contributed by atoms with van der Waals surface area (Å²) in [5, 5.41) is 0. The van der Waals surface area contributed by atoms with E-state index in [2.05, 4.69) is 24.0 Å². The van der Waals surface area contributed by atoms with Crippen molar-refractivity contribution in [2.24, 2.45) is 5.92 Å². The van der Waals surface area contributed by atoms with E-state index in [1.807, 2.05) is 41.3 Å². The van der Waals surface area contributed by atoms with Crippen LogP contribution in [0.25, 0.3) is 0 Å². The Labute approximate surface area is 178 Å². The van der Waals surface area contributed by atoms with Crippen molar-refractivity contribution in [3.05, 3.63) is 54.1 Å². The van der Waals surface area contributed by atoms with Crippen molar-refractivity contribution in [3.8, 4) is 5.75 Å². The van der Waals surface area contributed by atoms with Crippen molar-refractivity contribution < 1.29 is 14.3 Å². The fraction of sp³-hybridized carbons (Fsp3) is 0.417. The third kappa shape index (κ3) is 4.13. The summed E-state index contributed by atoms with van der Waals surface area (Å²) in [5.74, 6) is 0.725. The summed E-state index contributed by atoms with van der Waals surface area (Å²) < 4.78 is 5.22. The molecule has 2 amide bonds. The number of ether oxygens (including phenoxy) is 1. The number of hydrogen-bond acceptors (Lipinski definition) is 4. The van der Waals surface area contributed by atoms with Gasteiger partial charge in [0.2, 0.25) is 11.8 Å². The maximum absolute atomic E-state index is 13.1. The van der Waals surface area contributed by atoms with Gasteiger partial charge in [-0.05, 0) is 48.4 Å². The summed E-state index contributed by atoms with van der Waals surface area (Å²) in [4.78, 5) is 31.6. The van der Waals surface area contributed by atoms with Gasteiger partial charge in [0, 0.05) is 50.5 Å². The Bertz CT molecular complexity index is 887. The summed E-state index contributed by atoms with van der Waals surface area (Å²) in [6, 6.07) is 16.1. The van der Waals surface area contributed by atoms with Crippen molar-refractivity contribution in [1.29, 1.82) is 0 Å². The van der Waals surface area contributed by atoms with Crippen LogP contribution in [0.4, 0.5) is 11.4 Å². The van der Waals surface area contributed by atoms with Crippen molar-refractivity contribution in [2.75, 3.05) is 49.6 Å². The minimum atomic E-state index is -0.254. The van der Waals surface area contributed by atoms with Crippen LogP contribution < -0.4 is 14.5 Å². The fourth-order valence-corrected chi connectivity index (χ4v) is 4.27. The lowest BCUT2D eigenvalue weighted by atomic mass is 10.1. The molecule has 2 aliphatic heterocycles. The zero-order valence-electron chi connectivity index (χ0n) is 17.7. The van der Waals surface area contributed by atoms with Crippen LogP contribution in [0.1, 0.15) is 18.9 Å². The lowest BCUT2D eigenvalue weighted by Gasteiger charge is -2.37. The average molecular weight is 408 g/mol. The molecule has 0 saturated carbocycles. The smallest absolute Gasteiger partial charge is 0.228 e. The van der Waals surface area contributed by atoms with Crippen molar-refractivity contribution >= 4 is 23.2 Å². The minimum absolute atomic E-state index is 0.0365. The molecule has 0 aliphatic carbocycles. The molecule has 0 N–H and O–H groups in total. The number of aryl methyl sites for hydroxylation is 1. The molecule has 2 aromatic rings. The maximum Gasteiger partial charge on any atom is 0.228 e. The monoisotopic (exact) mass is 407 g/mol. The molecule has 4 rings (SSSR count). The van der Waals surface area contributed by atoms with E-state index in [9.17, 15) is 9.59 Å². The van der Waals surface area contributed by atoms with Crippen molar-refractivity contribution in [1.82, 2.24) is 4.90 Å². The van der Waals surface area contributed by atoms with Gasteiger partial charge in [-0.25, -0.2) is 0 Å². The van der Waals surface area contributed by atoms with Crippen LogP contribution in [0.15, 0.2) is 48.5 Å². The Morgan fingerprint density at radius 1 is 0.967 bits per heavy atom. The molecule has 2 saturated heterocycles. The van der Waals surface area contributed by atoms with Gasteiger partial charge in [0.15, 0.2) is 0 Å². The van der Waals surface area contributed by atoms with Gasteiger partial charge in [-0.3, -0.25) is 9.59 Å². The second-order valence-corrected chi connectivity index (χ2v) is 7.94. The van der Waals surface area contributed by atoms with E-state index < -0.39 is 0 Å². The van der Waals surface area contributed by atoms with Gasteiger partial charge in [0.25, 0.3) is 0 Å². The summed E-state index contributed by atoms with van der Waals surface area (Å²) >= 11 is 0. The molecule has 2 fully saturated rings. The molecule has 2 heterocycles. The van der Waals surface area contributed by atoms with Gasteiger partial charge < -0.3 is 19.4 Å². The van der Waals surface area contributed by atoms with Gasteiger partial charge >= 0.3 is 0 Å². The van der Waals surface area contributed by atoms with Crippen LogP contribution in [-0.4, -0.2) is 56.5 Å². The second-order valence-electron chi connectivity index (χ2n) is 7.94. The molecule has 30 heavy (non-hydrogen) atoms. The van der Waals surface area contributed by atoms with Gasteiger partial charge in [0.05, 0.1) is 13.0 Å². The maximum atomic E-state index is 13.1. The molecule has 0 bridgehead atoms. The van der Waals surface area contributed by atoms with Crippen molar-refractivity contribution in [2.45, 2.75) is 19.8 Å². The predicted octanol–water partition coefficient (Wildman–Crippen LogP) is 2.96. The van der Waals surface area contributed by atoms with E-state index >= 15 is 0 Å². The van der Waals surface area contributed by atoms with E-state index in [0.717, 1.165) is 36.6 Å². The van der Waals surface area contributed by atoms with Crippen LogP contribution in [0, 0.1) is 5.92 Å². The first-order chi connectivity index (χ1) is 14.6. The molecule has 0 aromatic heterocycles. The number of anilines is 2. The molecule has 2 aliphatic rings. The second kappa shape index (κ2) is 8.78. The standard InChI is InChI=1S/C24H29N3O3/c1-3-18-4-6-21(7-5-18)27-17-19(16-23(27)28)24(29)26-14-12-25(13-15-26)20-8-10-22(30-2)11-9-20/h4-11,19H,3,12-17H2,1-2H3/t19-/m1/s1. The Balaban J connectivity index is 1.34. The molecule has 2 aromatic carbocycles. The Morgan fingerprint density at radius 3 is 2.20 bits per heavy atom. The number of benzene rings is 2. The van der Waals surface area contributed by atoms with E-state index in [-0.39, 0.29) is 17.7 Å². The van der Waals surface area contributed by atoms with Crippen LogP contribution in [0.2, 0.25) is 0 Å². The average Bonchev–Trinajstić information content (AvgIpc) is 3.20. The molecule has 6 heteroatoms. The number of hydrogen-bond donors (Lipinski definition) is 0. The molecular weight excluding hydrogens is 378 g/mol. The number of carbonyl (C=O) groups excluding carboxylic acids is 2. The zero-order chi connectivity index (χ0) is 21.1. The highest BCUT2D eigenvalue weighted by Crippen LogP contribution is 2.28. The molecule has 158 valence electrons. The number of methoxy groups -OCH3 is 1. The Morgan fingerprint density at radius 2 is 1.60 bits per heavy atom. The Hall–Kier alpha value is -3.02. The molecule has 0 radical (unpaired) electrons. The van der Waals surface area contributed by atoms with Crippen LogP contribution in [0.3, 0.4) is 0 Å². The first-order valence-corrected chi connectivity index (χ1v) is 10.7. The molecule has 6 nitrogen and oxygen atoms in total. The number of nitrogens with zero attached hydrogens (tertiary/aromatic N) is 3. The lowest BCUT2D eigenvalue weighted by Crippen LogP contribution is -2.50. The van der Waals surface area contributed by atoms with Gasteiger partial charge in [-0.1, -0.05) is 19.1 Å². The molecule has 0 spiro atoms. The molecular formula is C24H29N3O3. The van der Waals surface area contributed by atoms with E-state index in [4.69, 9.17) is 4.74 Å². The van der Waals surface area contributed by atoms with E-state index in [1.54, 1.807) is 12.0 Å². The lowest BCUT2D eigenvalue weighted by molar-refractivity contribution is -0.136. The summed E-state index contributed by atoms with van der Waals surface area (Å²) in [7, 11) is 1.66. The highest BCUT2D eigenvalue weighted by molar-refractivity contribution is 6.00. The van der Waals surface area contributed by atoms with Crippen LogP contribution in [0.5, 0.6) is 5.75 Å². The predicted molar refractivity (Wildman–Crippen MR) is 118 cm³/mol. The summed E-state index contributed by atoms with van der Waals surface area (Å²) in [6.07, 6.45) is 1.27. The van der Waals surface area contributed by atoms with Gasteiger partial charge in [-0.2, -0.15) is 0 Å². The van der Waals surface area contributed by atoms with Gasteiger partial charge in [-0.15, -0.1) is 0 Å². The minimum Gasteiger partial charge on any atom is -0.497 e. The fourth-order valence-electron chi connectivity index (χ4n) is 4.27. The summed E-state index contributed by atoms with van der Waals surface area (Å²) in [5.41, 5.74) is 3.27. The first kappa shape index (κ1) is 20.3. The topological polar surface area (TPSA) is 53.1 Å². The number of piperazine rings is 1. The number of amides is 2. The Kier molecular flexibility index (Phi) is 5.93. The normalized spacial score (nSPS) is 19.3. The SMILES string of the molecule is CCc1ccc(N2C[C@H](C(=O)N3CCN(c4ccc(OC)cc4)CC3)CC2=O)cc1. The highest BCUT2D eigenvalue weighted by atomic mass is 16.5. The van der Waals surface area contributed by atoms with Crippen LogP contribution in [-0.2, 0) is 16.0 Å². The van der Waals surface area contributed by atoms with E-state index in [0.29, 0.717) is 26.1 Å². The van der Waals surface area contributed by atoms with E-state index in [1.165, 1.54) is 5.56 Å². The third-order valence-corrected chi connectivity index (χ3v) is 6.16. The zero-order valence-corrected chi connectivity index (χ0v) is 17.7. The summed E-state index contributed by atoms with van der Waals surface area (Å²) in [6.45, 7) is 5.53. The number of carbonyl (C=O) groups is 2.